The van der Waals surface area contributed by atoms with E-state index in [1.807, 2.05) is 0 Å². The fraction of sp³-hybridized carbons (Fsp3) is 0.778. The molecule has 36 heavy (non-hydrogen) atoms. The van der Waals surface area contributed by atoms with Crippen LogP contribution in [0.5, 0.6) is 0 Å². The predicted octanol–water partition coefficient (Wildman–Crippen LogP) is 7.88. The van der Waals surface area contributed by atoms with Gasteiger partial charge in [-0.15, -0.1) is 0 Å². The molecular weight excluding hydrogens is 536 g/mol. The van der Waals surface area contributed by atoms with Crippen LogP contribution in [0.25, 0.3) is 0 Å². The van der Waals surface area contributed by atoms with Crippen molar-refractivity contribution in [1.29, 1.82) is 0 Å². The summed E-state index contributed by atoms with van der Waals surface area (Å²) < 4.78 is 0. The van der Waals surface area contributed by atoms with Crippen LogP contribution in [-0.2, 0) is 0 Å². The third-order valence-corrected chi connectivity index (χ3v) is 35.6. The van der Waals surface area contributed by atoms with Crippen LogP contribution < -0.4 is 5.46 Å². The quantitative estimate of drug-likeness (QED) is 0.270. The molecule has 1 rings (SSSR count). The molecule has 2 N–H and O–H groups in total. The van der Waals surface area contributed by atoms with Gasteiger partial charge in [0.15, 0.2) is 0 Å². The first-order valence-corrected chi connectivity index (χ1v) is 35.5. The monoisotopic (exact) mass is 596 g/mol. The normalized spacial score (nSPS) is 14.9. The van der Waals surface area contributed by atoms with E-state index in [0.717, 1.165) is 5.46 Å². The van der Waals surface area contributed by atoms with Gasteiger partial charge < -0.3 is 10.0 Å². The van der Waals surface area contributed by atoms with E-state index in [2.05, 4.69) is 130 Å². The van der Waals surface area contributed by atoms with Crippen molar-refractivity contribution in [3.05, 3.63) is 28.8 Å². The van der Waals surface area contributed by atoms with Gasteiger partial charge in [0.25, 0.3) is 0 Å². The van der Waals surface area contributed by atoms with Gasteiger partial charge >= 0.3 is 7.12 Å². The average molecular weight is 597 g/mol. The summed E-state index contributed by atoms with van der Waals surface area (Å²) in [5, 5.41) is 23.9. The van der Waals surface area contributed by atoms with Crippen molar-refractivity contribution in [2.24, 2.45) is 0 Å². The maximum Gasteiger partial charge on any atom is 0.488 e. The highest BCUT2D eigenvalue weighted by molar-refractivity contribution is 6.98. The molecule has 0 radical (unpaired) electrons. The van der Waals surface area contributed by atoms with Crippen molar-refractivity contribution < 1.29 is 10.0 Å². The maximum atomic E-state index is 11.1. The summed E-state index contributed by atoms with van der Waals surface area (Å²) in [7, 11) is -11.1. The Hall–Kier alpha value is 0.506. The van der Waals surface area contributed by atoms with E-state index < -0.39 is 55.6 Å². The molecule has 208 valence electrons. The van der Waals surface area contributed by atoms with Gasteiger partial charge in [0.1, 0.15) is 0 Å². The van der Waals surface area contributed by atoms with Gasteiger partial charge in [-0.2, -0.15) is 0 Å². The van der Waals surface area contributed by atoms with Crippen molar-refractivity contribution in [2.75, 3.05) is 0 Å². The predicted molar refractivity (Wildman–Crippen MR) is 185 cm³/mol. The van der Waals surface area contributed by atoms with Gasteiger partial charge in [0.2, 0.25) is 0 Å². The molecule has 0 fully saturated rings. The second-order valence-corrected chi connectivity index (χ2v) is 51.6. The first kappa shape index (κ1) is 34.5. The van der Waals surface area contributed by atoms with Gasteiger partial charge in [0, 0.05) is 48.4 Å². The first-order valence-electron chi connectivity index (χ1n) is 14.1. The summed E-state index contributed by atoms with van der Waals surface area (Å²) in [4.78, 5) is 0. The van der Waals surface area contributed by atoms with Crippen LogP contribution in [0.4, 0.5) is 0 Å². The zero-order valence-corrected chi connectivity index (χ0v) is 33.4. The first-order chi connectivity index (χ1) is 15.5. The van der Waals surface area contributed by atoms with Crippen LogP contribution in [0.3, 0.4) is 0 Å². The van der Waals surface area contributed by atoms with E-state index in [4.69, 9.17) is 0 Å². The zero-order valence-electron chi connectivity index (χ0n) is 27.4. The average Bonchev–Trinajstić information content (AvgIpc) is 2.44. The number of hydrogen-bond acceptors (Lipinski definition) is 2. The molecule has 1 aromatic carbocycles. The third-order valence-electron chi connectivity index (χ3n) is 7.68. The summed E-state index contributed by atoms with van der Waals surface area (Å²) in [6.07, 6.45) is 0. The van der Waals surface area contributed by atoms with Crippen molar-refractivity contribution in [3.8, 4) is 0 Å². The van der Waals surface area contributed by atoms with Gasteiger partial charge in [-0.05, 0) is 37.6 Å². The van der Waals surface area contributed by atoms with Gasteiger partial charge in [0.05, 0.1) is 0 Å². The fourth-order valence-corrected chi connectivity index (χ4v) is 46.6. The lowest BCUT2D eigenvalue weighted by molar-refractivity contribution is 0.425. The van der Waals surface area contributed by atoms with Crippen molar-refractivity contribution in [2.45, 2.75) is 133 Å². The molecule has 0 aromatic heterocycles. The largest absolute Gasteiger partial charge is 0.488 e. The van der Waals surface area contributed by atoms with Crippen LogP contribution in [-0.4, -0.2) is 65.6 Å². The summed E-state index contributed by atoms with van der Waals surface area (Å²) >= 11 is 0. The van der Waals surface area contributed by atoms with Crippen LogP contribution in [0.1, 0.15) is 32.2 Å². The van der Waals surface area contributed by atoms with E-state index in [0.29, 0.717) is 15.5 Å². The van der Waals surface area contributed by atoms with Crippen molar-refractivity contribution in [1.82, 2.24) is 0 Å². The molecule has 0 spiro atoms. The van der Waals surface area contributed by atoms with Crippen LogP contribution in [0, 0.1) is 0 Å². The summed E-state index contributed by atoms with van der Waals surface area (Å²) in [6.45, 7) is 45.3. The zero-order chi connectivity index (χ0) is 29.0. The third kappa shape index (κ3) is 8.25. The second kappa shape index (κ2) is 10.8. The highest BCUT2D eigenvalue weighted by Gasteiger charge is 2.47. The molecule has 9 heteroatoms. The molecule has 1 aromatic rings. The molecule has 0 aliphatic rings. The number of rotatable bonds is 10. The maximum absolute atomic E-state index is 11.1. The minimum atomic E-state index is -1.65. The molecule has 0 atom stereocenters. The van der Waals surface area contributed by atoms with Gasteiger partial charge in [-0.1, -0.05) is 130 Å². The standard InChI is InChI=1S/C27H61BO2Si6/c1-31(2,3)25(32(4,5)6)21-19-22(26(33(7,8)9)34(10,11)12)24(28(29)30)23(20-21)27(35(13,14)15)36(16,17)18/h19-20,25-27,29-30H,1-18H3. The second-order valence-electron chi connectivity index (χ2n) is 18.0. The Morgan fingerprint density at radius 3 is 0.833 bits per heavy atom. The molecule has 0 unspecified atom stereocenters. The lowest BCUT2D eigenvalue weighted by atomic mass is 9.73. The Morgan fingerprint density at radius 1 is 0.444 bits per heavy atom. The van der Waals surface area contributed by atoms with E-state index in [1.165, 1.54) is 16.7 Å². The molecule has 0 amide bonds. The Balaban J connectivity index is 4.51. The smallest absolute Gasteiger partial charge is 0.423 e. The van der Waals surface area contributed by atoms with Crippen LogP contribution in [0.15, 0.2) is 12.1 Å². The molecule has 0 aliphatic heterocycles. The topological polar surface area (TPSA) is 40.5 Å². The Morgan fingerprint density at radius 2 is 0.667 bits per heavy atom. The van der Waals surface area contributed by atoms with Crippen molar-refractivity contribution >= 4 is 61.0 Å². The summed E-state index contributed by atoms with van der Waals surface area (Å²) in [5.74, 6) is 0. The summed E-state index contributed by atoms with van der Waals surface area (Å²) in [6, 6.07) is 5.04. The molecule has 0 bridgehead atoms. The van der Waals surface area contributed by atoms with Crippen LogP contribution >= 0.6 is 0 Å². The Bertz CT molecular complexity index is 812. The molecule has 0 saturated heterocycles. The highest BCUT2D eigenvalue weighted by atomic mass is 28.4. The van der Waals surface area contributed by atoms with Crippen molar-refractivity contribution in [3.63, 3.8) is 0 Å². The fourth-order valence-electron chi connectivity index (χ4n) is 8.43. The number of hydrogen-bond donors (Lipinski definition) is 2. The van der Waals surface area contributed by atoms with E-state index in [-0.39, 0.29) is 0 Å². The van der Waals surface area contributed by atoms with Gasteiger partial charge in [-0.3, -0.25) is 0 Å². The highest BCUT2D eigenvalue weighted by Crippen LogP contribution is 2.44. The molecule has 0 aliphatic carbocycles. The molecular formula is C27H61BO2Si6. The Kier molecular flexibility index (Phi) is 10.4. The minimum absolute atomic E-state index is 0.480. The van der Waals surface area contributed by atoms with E-state index in [9.17, 15) is 10.0 Å². The Labute approximate surface area is 232 Å². The van der Waals surface area contributed by atoms with Crippen LogP contribution in [0.2, 0.25) is 118 Å². The lowest BCUT2D eigenvalue weighted by Crippen LogP contribution is -2.55. The molecule has 0 saturated carbocycles. The molecule has 2 nitrogen and oxygen atoms in total. The number of benzene rings is 1. The SMILES string of the molecule is C[Si](C)(C)C(c1cc(C([Si](C)(C)C)[Si](C)(C)C)c(B(O)O)c(C([Si](C)(C)C)[Si](C)(C)C)c1)[Si](C)(C)C. The molecule has 0 heterocycles. The minimum Gasteiger partial charge on any atom is -0.423 e. The summed E-state index contributed by atoms with van der Waals surface area (Å²) in [5.41, 5.74) is 5.07. The van der Waals surface area contributed by atoms with E-state index in [1.54, 1.807) is 0 Å². The lowest BCUT2D eigenvalue weighted by Gasteiger charge is -2.45. The van der Waals surface area contributed by atoms with E-state index >= 15 is 0 Å². The van der Waals surface area contributed by atoms with Gasteiger partial charge in [-0.25, -0.2) is 0 Å².